The fraction of sp³-hybridized carbons (Fsp3) is 0.0312. The normalized spacial score (nSPS) is 14.0. The predicted molar refractivity (Wildman–Crippen MR) is 283 cm³/mol. The summed E-state index contributed by atoms with van der Waals surface area (Å²) in [6.07, 6.45) is 7.81. The van der Waals surface area contributed by atoms with Crippen LogP contribution in [0.4, 0.5) is 11.4 Å². The van der Waals surface area contributed by atoms with Crippen LogP contribution in [0.5, 0.6) is 0 Å². The summed E-state index contributed by atoms with van der Waals surface area (Å²) in [6.45, 7) is 0. The third-order valence-electron chi connectivity index (χ3n) is 13.7. The number of benzene rings is 9. The summed E-state index contributed by atoms with van der Waals surface area (Å²) < 4.78 is 2.41. The molecule has 3 heterocycles. The second-order valence-corrected chi connectivity index (χ2v) is 17.7. The van der Waals surface area contributed by atoms with Crippen LogP contribution in [0.15, 0.2) is 249 Å². The van der Waals surface area contributed by atoms with Crippen molar-refractivity contribution >= 4 is 38.8 Å². The Morgan fingerprint density at radius 3 is 1.71 bits per heavy atom. The van der Waals surface area contributed by atoms with Gasteiger partial charge in [-0.15, -0.1) is 0 Å². The Morgan fingerprint density at radius 1 is 0.382 bits per heavy atom. The van der Waals surface area contributed by atoms with Crippen molar-refractivity contribution in [2.45, 2.75) is 12.5 Å². The fourth-order valence-corrected chi connectivity index (χ4v) is 10.4. The molecule has 0 bridgehead atoms. The van der Waals surface area contributed by atoms with Crippen LogP contribution >= 0.6 is 0 Å². The van der Waals surface area contributed by atoms with Gasteiger partial charge in [-0.2, -0.15) is 0 Å². The van der Waals surface area contributed by atoms with E-state index in [1.54, 1.807) is 0 Å². The predicted octanol–water partition coefficient (Wildman–Crippen LogP) is 16.4. The maximum atomic E-state index is 5.10. The number of fused-ring (bicyclic) bond motifs is 6. The van der Waals surface area contributed by atoms with Crippen LogP contribution in [0.2, 0.25) is 0 Å². The van der Waals surface area contributed by atoms with E-state index in [0.29, 0.717) is 11.9 Å². The van der Waals surface area contributed by atoms with E-state index >= 15 is 0 Å². The van der Waals surface area contributed by atoms with E-state index in [4.69, 9.17) is 9.97 Å². The van der Waals surface area contributed by atoms with Crippen LogP contribution in [0.25, 0.3) is 100 Å². The molecule has 1 atom stereocenters. The van der Waals surface area contributed by atoms with Crippen molar-refractivity contribution in [3.05, 3.63) is 254 Å². The molecule has 320 valence electrons. The lowest BCUT2D eigenvalue weighted by molar-refractivity contribution is 0.829. The van der Waals surface area contributed by atoms with Gasteiger partial charge in [0.25, 0.3) is 0 Å². The number of para-hydroxylation sites is 2. The Labute approximate surface area is 396 Å². The van der Waals surface area contributed by atoms with Gasteiger partial charge in [-0.25, -0.2) is 9.97 Å². The molecule has 13 rings (SSSR count). The van der Waals surface area contributed by atoms with Crippen molar-refractivity contribution in [3.8, 4) is 73.0 Å². The Hall–Kier alpha value is -8.86. The van der Waals surface area contributed by atoms with E-state index in [2.05, 4.69) is 234 Å². The van der Waals surface area contributed by atoms with Crippen molar-refractivity contribution < 1.29 is 0 Å². The number of aromatic nitrogens is 3. The molecule has 0 radical (unpaired) electrons. The van der Waals surface area contributed by atoms with E-state index in [1.165, 1.54) is 66.6 Å². The van der Waals surface area contributed by atoms with Gasteiger partial charge in [-0.3, -0.25) is 0 Å². The lowest BCUT2D eigenvalue weighted by atomic mass is 9.93. The maximum Gasteiger partial charge on any atom is 0.160 e. The zero-order valence-corrected chi connectivity index (χ0v) is 37.2. The zero-order chi connectivity index (χ0) is 45.0. The molecule has 2 aromatic heterocycles. The van der Waals surface area contributed by atoms with E-state index in [0.717, 1.165) is 51.3 Å². The van der Waals surface area contributed by atoms with Crippen LogP contribution in [-0.2, 0) is 0 Å². The highest BCUT2D eigenvalue weighted by atomic mass is 15.2. The van der Waals surface area contributed by atoms with Crippen LogP contribution in [0.3, 0.4) is 0 Å². The molecule has 0 spiro atoms. The topological polar surface area (TPSA) is 34.0 Å². The van der Waals surface area contributed by atoms with Gasteiger partial charge in [0.2, 0.25) is 0 Å². The largest absolute Gasteiger partial charge is 0.333 e. The molecule has 1 unspecified atom stereocenters. The number of rotatable bonds is 8. The molecule has 68 heavy (non-hydrogen) atoms. The smallest absolute Gasteiger partial charge is 0.160 e. The highest BCUT2D eigenvalue weighted by molar-refractivity contribution is 6.10. The van der Waals surface area contributed by atoms with Gasteiger partial charge in [0.05, 0.1) is 28.5 Å². The standard InChI is InChI=1S/C64H44N4/c1-4-16-44(17-5-1)58-42-59(66-64(65-58)45-18-6-2-7-19-45)51-23-15-22-48(39-51)47-21-14-20-46(38-47)43-30-34-53(35-31-43)68-61-29-13-11-27-55(61)57-41-50(33-37-63(57)68)49-32-36-62-56(40-49)54-26-10-12-28-60(54)67(62)52-24-8-3-9-25-52/h1-27,29-42,60H,28H2. The molecule has 0 amide bonds. The molecule has 0 N–H and O–H groups in total. The summed E-state index contributed by atoms with van der Waals surface area (Å²) in [5, 5.41) is 2.49. The van der Waals surface area contributed by atoms with Crippen LogP contribution < -0.4 is 4.90 Å². The highest BCUT2D eigenvalue weighted by Crippen LogP contribution is 2.49. The first kappa shape index (κ1) is 39.5. The van der Waals surface area contributed by atoms with Gasteiger partial charge in [0, 0.05) is 50.1 Å². The SMILES string of the molecule is C1=CCC2C(=C1)c1cc(-c3ccc4c(c3)c3ccccc3n4-c3ccc(-c4cccc(-c5cccc(-c6cc(-c7ccccc7)nc(-c7ccccc7)n6)c5)c4)cc3)ccc1N2c1ccccc1. The lowest BCUT2D eigenvalue weighted by Gasteiger charge is -2.28. The fourth-order valence-electron chi connectivity index (χ4n) is 10.4. The Balaban J connectivity index is 0.819. The third-order valence-corrected chi connectivity index (χ3v) is 13.7. The van der Waals surface area contributed by atoms with Crippen molar-refractivity contribution in [2.24, 2.45) is 0 Å². The number of anilines is 2. The molecule has 11 aromatic rings. The first-order valence-electron chi connectivity index (χ1n) is 23.4. The molecule has 0 saturated heterocycles. The van der Waals surface area contributed by atoms with Gasteiger partial charge in [0.15, 0.2) is 5.82 Å². The summed E-state index contributed by atoms with van der Waals surface area (Å²) in [6, 6.07) is 83.1. The van der Waals surface area contributed by atoms with Crippen LogP contribution in [0.1, 0.15) is 12.0 Å². The van der Waals surface area contributed by atoms with Gasteiger partial charge in [-0.1, -0.05) is 176 Å². The molecule has 1 aliphatic heterocycles. The minimum Gasteiger partial charge on any atom is -0.333 e. The Bertz CT molecular complexity index is 3700. The summed E-state index contributed by atoms with van der Waals surface area (Å²) in [5.41, 5.74) is 20.7. The monoisotopic (exact) mass is 868 g/mol. The molecule has 4 heteroatoms. The lowest BCUT2D eigenvalue weighted by Crippen LogP contribution is -2.26. The van der Waals surface area contributed by atoms with E-state index < -0.39 is 0 Å². The molecular weight excluding hydrogens is 825 g/mol. The van der Waals surface area contributed by atoms with Crippen LogP contribution in [-0.4, -0.2) is 20.6 Å². The van der Waals surface area contributed by atoms with Crippen molar-refractivity contribution in [1.82, 2.24) is 14.5 Å². The van der Waals surface area contributed by atoms with Gasteiger partial charge >= 0.3 is 0 Å². The minimum absolute atomic E-state index is 0.306. The molecule has 0 saturated carbocycles. The summed E-state index contributed by atoms with van der Waals surface area (Å²) >= 11 is 0. The molecule has 2 aliphatic rings. The minimum atomic E-state index is 0.306. The molecular formula is C64H44N4. The van der Waals surface area contributed by atoms with Crippen molar-refractivity contribution in [1.29, 1.82) is 0 Å². The first-order chi connectivity index (χ1) is 33.7. The number of hydrogen-bond acceptors (Lipinski definition) is 3. The van der Waals surface area contributed by atoms with Crippen molar-refractivity contribution in [3.63, 3.8) is 0 Å². The second-order valence-electron chi connectivity index (χ2n) is 17.7. The third kappa shape index (κ3) is 6.94. The van der Waals surface area contributed by atoms with E-state index in [-0.39, 0.29) is 0 Å². The average Bonchev–Trinajstić information content (AvgIpc) is 3.94. The van der Waals surface area contributed by atoms with Crippen LogP contribution in [0, 0.1) is 0 Å². The number of hydrogen-bond donors (Lipinski definition) is 0. The average molecular weight is 869 g/mol. The van der Waals surface area contributed by atoms with E-state index in [1.807, 2.05) is 24.3 Å². The molecule has 1 aliphatic carbocycles. The van der Waals surface area contributed by atoms with Gasteiger partial charge < -0.3 is 9.47 Å². The Kier molecular flexibility index (Phi) is 9.61. The van der Waals surface area contributed by atoms with Gasteiger partial charge in [0.1, 0.15) is 0 Å². The zero-order valence-electron chi connectivity index (χ0n) is 37.2. The van der Waals surface area contributed by atoms with Crippen molar-refractivity contribution in [2.75, 3.05) is 4.90 Å². The summed E-state index contributed by atoms with van der Waals surface area (Å²) in [7, 11) is 0. The second kappa shape index (κ2) is 16.5. The maximum absolute atomic E-state index is 5.10. The molecule has 0 fully saturated rings. The summed E-state index contributed by atoms with van der Waals surface area (Å²) in [4.78, 5) is 12.6. The first-order valence-corrected chi connectivity index (χ1v) is 23.4. The van der Waals surface area contributed by atoms with E-state index in [9.17, 15) is 0 Å². The number of nitrogens with zero attached hydrogens (tertiary/aromatic N) is 4. The quantitative estimate of drug-likeness (QED) is 0.153. The Morgan fingerprint density at radius 2 is 0.941 bits per heavy atom. The molecule has 4 nitrogen and oxygen atoms in total. The molecule has 9 aromatic carbocycles. The summed E-state index contributed by atoms with van der Waals surface area (Å²) in [5.74, 6) is 0.711. The van der Waals surface area contributed by atoms with Gasteiger partial charge in [-0.05, 0) is 118 Å². The number of allylic oxidation sites excluding steroid dienone is 2. The highest BCUT2D eigenvalue weighted by Gasteiger charge is 2.35.